The van der Waals surface area contributed by atoms with E-state index in [4.69, 9.17) is 10.3 Å². The van der Waals surface area contributed by atoms with Gasteiger partial charge in [-0.15, -0.1) is 0 Å². The topological polar surface area (TPSA) is 97.5 Å². The minimum absolute atomic E-state index is 0.147. The highest BCUT2D eigenvalue weighted by atomic mass is 33.1. The molecule has 0 fully saturated rings. The smallest absolute Gasteiger partial charge is 0.265 e. The summed E-state index contributed by atoms with van der Waals surface area (Å²) in [5.74, 6) is 0.0350. The first-order valence-electron chi connectivity index (χ1n) is 3.51. The van der Waals surface area contributed by atoms with E-state index >= 15 is 0 Å². The van der Waals surface area contributed by atoms with Crippen molar-refractivity contribution in [2.45, 2.75) is 6.04 Å². The average molecular weight is 277 g/mol. The molecule has 9 heteroatoms. The van der Waals surface area contributed by atoms with Gasteiger partial charge in [-0.1, -0.05) is 10.8 Å². The van der Waals surface area contributed by atoms with Gasteiger partial charge in [-0.05, 0) is 10.8 Å². The third-order valence-corrected chi connectivity index (χ3v) is 4.74. The summed E-state index contributed by atoms with van der Waals surface area (Å²) in [6.45, 7) is 0. The van der Waals surface area contributed by atoms with Crippen molar-refractivity contribution >= 4 is 49.4 Å². The summed E-state index contributed by atoms with van der Waals surface area (Å²) in [5.41, 5.74) is 5.36. The van der Waals surface area contributed by atoms with Gasteiger partial charge >= 0.3 is 0 Å². The molecule has 0 aromatic heterocycles. The normalized spacial score (nSPS) is 13.9. The number of rotatable bonds is 6. The second-order valence-electron chi connectivity index (χ2n) is 2.30. The summed E-state index contributed by atoms with van der Waals surface area (Å²) in [6.07, 6.45) is 0. The lowest BCUT2D eigenvalue weighted by molar-refractivity contribution is -0.111. The number of nitrogens with two attached hydrogens (primary N) is 1. The lowest BCUT2D eigenvalue weighted by atomic mass is 10.4. The van der Waals surface area contributed by atoms with Crippen molar-refractivity contribution in [1.29, 1.82) is 0 Å². The molecule has 0 rings (SSSR count). The van der Waals surface area contributed by atoms with Crippen molar-refractivity contribution in [2.75, 3.05) is 17.3 Å². The molecule has 0 saturated heterocycles. The molecule has 1 atom stereocenters. The Morgan fingerprint density at radius 3 is 2.57 bits per heavy atom. The van der Waals surface area contributed by atoms with Crippen molar-refractivity contribution in [3.8, 4) is 0 Å². The lowest BCUT2D eigenvalue weighted by Gasteiger charge is -2.04. The summed E-state index contributed by atoms with van der Waals surface area (Å²) in [5, 5.41) is -0.250. The van der Waals surface area contributed by atoms with Gasteiger partial charge in [0.25, 0.3) is 10.1 Å². The number of carbonyl (C=O) groups excluding carboxylic acids is 1. The first-order chi connectivity index (χ1) is 6.37. The molecule has 0 bridgehead atoms. The molecule has 0 heterocycles. The molecule has 0 aliphatic heterocycles. The minimum atomic E-state index is -3.94. The maximum atomic E-state index is 11.1. The van der Waals surface area contributed by atoms with Crippen molar-refractivity contribution < 1.29 is 17.8 Å². The van der Waals surface area contributed by atoms with E-state index in [2.05, 4.69) is 12.6 Å². The number of thiol groups is 1. The molecule has 0 unspecified atom stereocenters. The van der Waals surface area contributed by atoms with Gasteiger partial charge < -0.3 is 5.73 Å². The summed E-state index contributed by atoms with van der Waals surface area (Å²) < 4.78 is 28.9. The highest BCUT2D eigenvalue weighted by Crippen LogP contribution is 2.23. The molecule has 0 spiro atoms. The van der Waals surface area contributed by atoms with Gasteiger partial charge in [0.2, 0.25) is 5.12 Å². The van der Waals surface area contributed by atoms with E-state index in [1.165, 1.54) is 0 Å². The predicted octanol–water partition coefficient (Wildman–Crippen LogP) is 0.0393. The van der Waals surface area contributed by atoms with Gasteiger partial charge in [-0.2, -0.15) is 21.0 Å². The van der Waals surface area contributed by atoms with Crippen molar-refractivity contribution in [3.63, 3.8) is 0 Å². The Morgan fingerprint density at radius 2 is 2.14 bits per heavy atom. The molecular weight excluding hydrogens is 266 g/mol. The van der Waals surface area contributed by atoms with E-state index in [1.807, 2.05) is 0 Å². The monoisotopic (exact) mass is 277 g/mol. The maximum Gasteiger partial charge on any atom is 0.265 e. The van der Waals surface area contributed by atoms with Gasteiger partial charge in [-0.3, -0.25) is 9.35 Å². The van der Waals surface area contributed by atoms with Crippen LogP contribution in [0.15, 0.2) is 0 Å². The summed E-state index contributed by atoms with van der Waals surface area (Å²) in [7, 11) is -2.02. The van der Waals surface area contributed by atoms with E-state index < -0.39 is 16.2 Å². The summed E-state index contributed by atoms with van der Waals surface area (Å²) in [6, 6.07) is -0.637. The fourth-order valence-electron chi connectivity index (χ4n) is 0.375. The van der Waals surface area contributed by atoms with Crippen LogP contribution in [0.4, 0.5) is 0 Å². The van der Waals surface area contributed by atoms with Crippen molar-refractivity contribution in [2.24, 2.45) is 5.73 Å². The first kappa shape index (κ1) is 14.6. The summed E-state index contributed by atoms with van der Waals surface area (Å²) in [4.78, 5) is 11.1. The van der Waals surface area contributed by atoms with Crippen LogP contribution < -0.4 is 5.73 Å². The van der Waals surface area contributed by atoms with Crippen molar-refractivity contribution in [3.05, 3.63) is 0 Å². The van der Waals surface area contributed by atoms with Gasteiger partial charge in [-0.25, -0.2) is 0 Å². The first-order valence-corrected chi connectivity index (χ1v) is 8.08. The van der Waals surface area contributed by atoms with E-state index in [0.29, 0.717) is 0 Å². The van der Waals surface area contributed by atoms with Crippen LogP contribution in [0, 0.1) is 0 Å². The third-order valence-electron chi connectivity index (χ3n) is 1.07. The fourth-order valence-corrected chi connectivity index (χ4v) is 3.77. The molecule has 0 radical (unpaired) electrons. The molecule has 0 saturated carbocycles. The average Bonchev–Trinajstić information content (AvgIpc) is 2.09. The largest absolute Gasteiger partial charge is 0.320 e. The SMILES string of the molecule is N[C@@H](CS)C(=O)SSCCS(=O)(=O)O. The van der Waals surface area contributed by atoms with Crippen LogP contribution in [-0.4, -0.2) is 41.4 Å². The molecule has 0 aliphatic carbocycles. The van der Waals surface area contributed by atoms with Gasteiger partial charge in [0.1, 0.15) is 0 Å². The Morgan fingerprint density at radius 1 is 1.57 bits per heavy atom. The lowest BCUT2D eigenvalue weighted by Crippen LogP contribution is -2.29. The van der Waals surface area contributed by atoms with E-state index in [9.17, 15) is 13.2 Å². The molecular formula is C5H11NO4S4. The van der Waals surface area contributed by atoms with Crippen LogP contribution in [0.2, 0.25) is 0 Å². The molecule has 84 valence electrons. The molecule has 14 heavy (non-hydrogen) atoms. The molecule has 0 aliphatic rings. The second kappa shape index (κ2) is 6.96. The van der Waals surface area contributed by atoms with Crippen LogP contribution in [0.5, 0.6) is 0 Å². The third kappa shape index (κ3) is 7.94. The Labute approximate surface area is 96.1 Å². The molecule has 3 N–H and O–H groups in total. The zero-order valence-electron chi connectivity index (χ0n) is 7.12. The highest BCUT2D eigenvalue weighted by molar-refractivity contribution is 8.82. The predicted molar refractivity (Wildman–Crippen MR) is 63.3 cm³/mol. The number of carbonyl (C=O) groups is 1. The Balaban J connectivity index is 3.61. The quantitative estimate of drug-likeness (QED) is 0.273. The number of hydrogen-bond acceptors (Lipinski definition) is 7. The van der Waals surface area contributed by atoms with Gasteiger partial charge in [0.05, 0.1) is 11.8 Å². The molecule has 0 aromatic carbocycles. The zero-order valence-corrected chi connectivity index (χ0v) is 10.5. The second-order valence-corrected chi connectivity index (χ2v) is 6.66. The van der Waals surface area contributed by atoms with Crippen molar-refractivity contribution in [1.82, 2.24) is 0 Å². The zero-order chi connectivity index (χ0) is 11.2. The number of hydrogen-bond donors (Lipinski definition) is 3. The van der Waals surface area contributed by atoms with Gasteiger partial charge in [0.15, 0.2) is 0 Å². The Hall–Kier alpha value is 0.590. The molecule has 5 nitrogen and oxygen atoms in total. The van der Waals surface area contributed by atoms with Crippen LogP contribution in [-0.2, 0) is 14.9 Å². The molecule has 0 aromatic rings. The Kier molecular flexibility index (Phi) is 7.26. The van der Waals surface area contributed by atoms with Crippen LogP contribution >= 0.6 is 34.2 Å². The maximum absolute atomic E-state index is 11.1. The van der Waals surface area contributed by atoms with Crippen LogP contribution in [0.1, 0.15) is 0 Å². The Bertz CT molecular complexity index is 277. The minimum Gasteiger partial charge on any atom is -0.320 e. The van der Waals surface area contributed by atoms with E-state index in [0.717, 1.165) is 21.6 Å². The highest BCUT2D eigenvalue weighted by Gasteiger charge is 2.13. The fraction of sp³-hybridized carbons (Fsp3) is 0.800. The van der Waals surface area contributed by atoms with Gasteiger partial charge in [0, 0.05) is 11.5 Å². The standard InChI is InChI=1S/C5H11NO4S4/c6-4(3-11)5(7)13-12-1-2-14(8,9)10/h4,11H,1-3,6H2,(H,8,9,10)/t4-/m0/s1. The summed E-state index contributed by atoms with van der Waals surface area (Å²) >= 11 is 3.84. The van der Waals surface area contributed by atoms with Crippen LogP contribution in [0.3, 0.4) is 0 Å². The van der Waals surface area contributed by atoms with E-state index in [1.54, 1.807) is 0 Å². The van der Waals surface area contributed by atoms with Crippen LogP contribution in [0.25, 0.3) is 0 Å². The molecule has 0 amide bonds. The van der Waals surface area contributed by atoms with E-state index in [-0.39, 0.29) is 22.4 Å².